The SMILES string of the molecule is CN(C(=O)NCCn1cc(C(=O)O)nn1)C1CC1. The third kappa shape index (κ3) is 2.96. The van der Waals surface area contributed by atoms with Gasteiger partial charge in [0.2, 0.25) is 0 Å². The number of carbonyl (C=O) groups is 2. The van der Waals surface area contributed by atoms with E-state index in [2.05, 4.69) is 15.6 Å². The lowest BCUT2D eigenvalue weighted by atomic mass is 10.5. The summed E-state index contributed by atoms with van der Waals surface area (Å²) in [6, 6.07) is 0.256. The van der Waals surface area contributed by atoms with E-state index in [1.54, 1.807) is 11.9 Å². The van der Waals surface area contributed by atoms with Crippen LogP contribution >= 0.6 is 0 Å². The Morgan fingerprint density at radius 1 is 1.61 bits per heavy atom. The molecule has 0 aromatic carbocycles. The molecule has 0 saturated heterocycles. The Kier molecular flexibility index (Phi) is 3.45. The predicted molar refractivity (Wildman–Crippen MR) is 61.2 cm³/mol. The van der Waals surface area contributed by atoms with E-state index < -0.39 is 5.97 Å². The molecule has 2 amide bonds. The summed E-state index contributed by atoms with van der Waals surface area (Å²) in [4.78, 5) is 23.9. The summed E-state index contributed by atoms with van der Waals surface area (Å²) in [5.74, 6) is -1.11. The number of nitrogens with one attached hydrogen (secondary N) is 1. The van der Waals surface area contributed by atoms with Crippen LogP contribution in [0.3, 0.4) is 0 Å². The van der Waals surface area contributed by atoms with Gasteiger partial charge in [0.25, 0.3) is 0 Å². The van der Waals surface area contributed by atoms with Crippen molar-refractivity contribution in [3.05, 3.63) is 11.9 Å². The number of nitrogens with zero attached hydrogens (tertiary/aromatic N) is 4. The van der Waals surface area contributed by atoms with Crippen LogP contribution in [-0.2, 0) is 6.54 Å². The van der Waals surface area contributed by atoms with Crippen LogP contribution in [0.15, 0.2) is 6.20 Å². The van der Waals surface area contributed by atoms with Crippen LogP contribution in [0.25, 0.3) is 0 Å². The molecule has 0 radical (unpaired) electrons. The molecule has 98 valence electrons. The van der Waals surface area contributed by atoms with Gasteiger partial charge in [-0.2, -0.15) is 0 Å². The van der Waals surface area contributed by atoms with Crippen molar-refractivity contribution < 1.29 is 14.7 Å². The number of rotatable bonds is 5. The summed E-state index contributed by atoms with van der Waals surface area (Å²) in [5, 5.41) is 18.5. The number of amides is 2. The highest BCUT2D eigenvalue weighted by atomic mass is 16.4. The largest absolute Gasteiger partial charge is 0.476 e. The molecule has 8 heteroatoms. The molecule has 1 aliphatic rings. The minimum Gasteiger partial charge on any atom is -0.476 e. The average Bonchev–Trinajstić information content (AvgIpc) is 3.07. The first-order chi connectivity index (χ1) is 8.58. The molecule has 1 fully saturated rings. The standard InChI is InChI=1S/C10H15N5O3/c1-14(7-2-3-7)10(18)11-4-5-15-6-8(9(16)17)12-13-15/h6-7H,2-5H2,1H3,(H,11,18)(H,16,17). The fourth-order valence-electron chi connectivity index (χ4n) is 1.54. The van der Waals surface area contributed by atoms with Crippen molar-refractivity contribution in [2.24, 2.45) is 0 Å². The summed E-state index contributed by atoms with van der Waals surface area (Å²) < 4.78 is 1.39. The maximum atomic E-state index is 11.6. The fraction of sp³-hybridized carbons (Fsp3) is 0.600. The van der Waals surface area contributed by atoms with Crippen LogP contribution in [0.2, 0.25) is 0 Å². The van der Waals surface area contributed by atoms with Crippen LogP contribution in [0.1, 0.15) is 23.3 Å². The Morgan fingerprint density at radius 3 is 2.89 bits per heavy atom. The van der Waals surface area contributed by atoms with Crippen molar-refractivity contribution in [2.45, 2.75) is 25.4 Å². The molecule has 0 bridgehead atoms. The van der Waals surface area contributed by atoms with Crippen LogP contribution < -0.4 is 5.32 Å². The van der Waals surface area contributed by atoms with Gasteiger partial charge in [0.1, 0.15) is 0 Å². The third-order valence-corrected chi connectivity index (χ3v) is 2.79. The summed E-state index contributed by atoms with van der Waals surface area (Å²) in [6.07, 6.45) is 3.46. The van der Waals surface area contributed by atoms with Crippen LogP contribution in [0.5, 0.6) is 0 Å². The first kappa shape index (κ1) is 12.3. The lowest BCUT2D eigenvalue weighted by Gasteiger charge is -2.16. The van der Waals surface area contributed by atoms with E-state index in [0.717, 1.165) is 12.8 Å². The van der Waals surface area contributed by atoms with Gasteiger partial charge in [-0.3, -0.25) is 0 Å². The van der Waals surface area contributed by atoms with Gasteiger partial charge in [-0.25, -0.2) is 14.3 Å². The van der Waals surface area contributed by atoms with Gasteiger partial charge >= 0.3 is 12.0 Å². The highest BCUT2D eigenvalue weighted by Crippen LogP contribution is 2.24. The number of aromatic nitrogens is 3. The Bertz CT molecular complexity index is 454. The van der Waals surface area contributed by atoms with Gasteiger partial charge in [0.15, 0.2) is 5.69 Å². The fourth-order valence-corrected chi connectivity index (χ4v) is 1.54. The number of hydrogen-bond donors (Lipinski definition) is 2. The van der Waals surface area contributed by atoms with Gasteiger partial charge in [0, 0.05) is 19.6 Å². The molecule has 1 aromatic rings. The van der Waals surface area contributed by atoms with Crippen LogP contribution in [-0.4, -0.2) is 56.6 Å². The molecule has 2 rings (SSSR count). The second-order valence-corrected chi connectivity index (χ2v) is 4.25. The number of carboxylic acids is 1. The van der Waals surface area contributed by atoms with Crippen LogP contribution in [0.4, 0.5) is 4.79 Å². The average molecular weight is 253 g/mol. The van der Waals surface area contributed by atoms with E-state index in [-0.39, 0.29) is 11.7 Å². The minimum atomic E-state index is -1.11. The highest BCUT2D eigenvalue weighted by Gasteiger charge is 2.29. The zero-order chi connectivity index (χ0) is 13.1. The van der Waals surface area contributed by atoms with E-state index in [1.165, 1.54) is 10.9 Å². The minimum absolute atomic E-state index is 0.101. The van der Waals surface area contributed by atoms with Gasteiger partial charge < -0.3 is 15.3 Å². The monoisotopic (exact) mass is 253 g/mol. The van der Waals surface area contributed by atoms with Crippen molar-refractivity contribution >= 4 is 12.0 Å². The molecule has 0 aliphatic heterocycles. The van der Waals surface area contributed by atoms with Crippen molar-refractivity contribution in [3.63, 3.8) is 0 Å². The highest BCUT2D eigenvalue weighted by molar-refractivity contribution is 5.84. The van der Waals surface area contributed by atoms with Crippen molar-refractivity contribution in [1.82, 2.24) is 25.2 Å². The molecule has 2 N–H and O–H groups in total. The predicted octanol–water partition coefficient (Wildman–Crippen LogP) is -0.220. The molecule has 0 spiro atoms. The van der Waals surface area contributed by atoms with Crippen molar-refractivity contribution in [2.75, 3.05) is 13.6 Å². The number of carboxylic acid groups (broad SMARTS) is 1. The zero-order valence-corrected chi connectivity index (χ0v) is 10.0. The molecule has 1 saturated carbocycles. The van der Waals surface area contributed by atoms with Crippen molar-refractivity contribution in [1.29, 1.82) is 0 Å². The molecule has 0 atom stereocenters. The number of aromatic carboxylic acids is 1. The summed E-state index contributed by atoms with van der Waals surface area (Å²) >= 11 is 0. The van der Waals surface area contributed by atoms with Gasteiger partial charge in [-0.15, -0.1) is 5.10 Å². The number of carbonyl (C=O) groups excluding carboxylic acids is 1. The van der Waals surface area contributed by atoms with E-state index in [0.29, 0.717) is 19.1 Å². The summed E-state index contributed by atoms with van der Waals surface area (Å²) in [6.45, 7) is 0.781. The first-order valence-electron chi connectivity index (χ1n) is 5.72. The molecular weight excluding hydrogens is 238 g/mol. The Hall–Kier alpha value is -2.12. The van der Waals surface area contributed by atoms with Gasteiger partial charge in [-0.05, 0) is 12.8 Å². The Balaban J connectivity index is 1.73. The van der Waals surface area contributed by atoms with E-state index in [4.69, 9.17) is 5.11 Å². The lowest BCUT2D eigenvalue weighted by molar-refractivity contribution is 0.0690. The summed E-state index contributed by atoms with van der Waals surface area (Å²) in [5.41, 5.74) is -0.101. The molecule has 18 heavy (non-hydrogen) atoms. The smallest absolute Gasteiger partial charge is 0.358 e. The normalized spacial score (nSPS) is 14.3. The third-order valence-electron chi connectivity index (χ3n) is 2.79. The van der Waals surface area contributed by atoms with E-state index in [1.807, 2.05) is 0 Å². The molecule has 1 aromatic heterocycles. The maximum absolute atomic E-state index is 11.6. The van der Waals surface area contributed by atoms with Gasteiger partial charge in [0.05, 0.1) is 12.7 Å². The number of hydrogen-bond acceptors (Lipinski definition) is 4. The Morgan fingerprint density at radius 2 is 2.33 bits per heavy atom. The summed E-state index contributed by atoms with van der Waals surface area (Å²) in [7, 11) is 1.77. The number of urea groups is 1. The molecule has 1 heterocycles. The molecular formula is C10H15N5O3. The Labute approximate surface area is 104 Å². The van der Waals surface area contributed by atoms with E-state index in [9.17, 15) is 9.59 Å². The molecule has 0 unspecified atom stereocenters. The molecule has 1 aliphatic carbocycles. The quantitative estimate of drug-likeness (QED) is 0.755. The zero-order valence-electron chi connectivity index (χ0n) is 10.0. The maximum Gasteiger partial charge on any atom is 0.358 e. The van der Waals surface area contributed by atoms with Crippen LogP contribution in [0, 0.1) is 0 Å². The van der Waals surface area contributed by atoms with E-state index >= 15 is 0 Å². The second-order valence-electron chi connectivity index (χ2n) is 4.25. The topological polar surface area (TPSA) is 100 Å². The first-order valence-corrected chi connectivity index (χ1v) is 5.72. The second kappa shape index (κ2) is 5.03. The van der Waals surface area contributed by atoms with Crippen molar-refractivity contribution in [3.8, 4) is 0 Å². The molecule has 8 nitrogen and oxygen atoms in total. The van der Waals surface area contributed by atoms with Gasteiger partial charge in [-0.1, -0.05) is 5.21 Å². The lowest BCUT2D eigenvalue weighted by Crippen LogP contribution is -2.39.